The lowest BCUT2D eigenvalue weighted by atomic mass is 9.89. The molecule has 0 saturated carbocycles. The van der Waals surface area contributed by atoms with Gasteiger partial charge in [0.1, 0.15) is 0 Å². The maximum atomic E-state index is 13.1. The van der Waals surface area contributed by atoms with Crippen LogP contribution in [0, 0.1) is 5.92 Å². The van der Waals surface area contributed by atoms with Gasteiger partial charge in [0.2, 0.25) is 5.91 Å². The zero-order valence-electron chi connectivity index (χ0n) is 18.0. The van der Waals surface area contributed by atoms with Crippen molar-refractivity contribution >= 4 is 50.8 Å². The predicted molar refractivity (Wildman–Crippen MR) is 124 cm³/mol. The molecule has 0 saturated heterocycles. The van der Waals surface area contributed by atoms with Crippen LogP contribution in [0.3, 0.4) is 0 Å². The van der Waals surface area contributed by atoms with E-state index in [0.29, 0.717) is 30.5 Å². The number of hydrogen-bond acceptors (Lipinski definition) is 4. The third-order valence-corrected chi connectivity index (χ3v) is 6.88. The molecule has 2 N–H and O–H groups in total. The summed E-state index contributed by atoms with van der Waals surface area (Å²) in [6.07, 6.45) is 2.91. The molecule has 2 aromatic heterocycles. The van der Waals surface area contributed by atoms with Crippen molar-refractivity contribution in [3.63, 3.8) is 0 Å². The molecule has 7 nitrogen and oxygen atoms in total. The predicted octanol–water partition coefficient (Wildman–Crippen LogP) is 3.17. The van der Waals surface area contributed by atoms with Crippen molar-refractivity contribution in [1.29, 1.82) is 0 Å². The SMILES string of the molecule is Cn1cc(C2=C(c3c4n(c5ccccc35)CCC(C(N)=O)C4)C(=O)OC2=O)c2ccccc21. The first-order chi connectivity index (χ1) is 16.0. The molecule has 2 aliphatic rings. The number of aryl methyl sites for hydroxylation is 2. The van der Waals surface area contributed by atoms with Crippen LogP contribution in [0.25, 0.3) is 33.0 Å². The first kappa shape index (κ1) is 19.5. The maximum Gasteiger partial charge on any atom is 0.347 e. The highest BCUT2D eigenvalue weighted by atomic mass is 16.6. The van der Waals surface area contributed by atoms with E-state index in [1.54, 1.807) is 0 Å². The normalized spacial score (nSPS) is 18.3. The van der Waals surface area contributed by atoms with E-state index in [1.165, 1.54) is 0 Å². The number of rotatable bonds is 3. The molecule has 0 aliphatic carbocycles. The molecule has 0 bridgehead atoms. The van der Waals surface area contributed by atoms with Gasteiger partial charge in [0.15, 0.2) is 0 Å². The fourth-order valence-corrected chi connectivity index (χ4v) is 5.37. The standard InChI is InChI=1S/C26H21N3O4/c1-28-13-17(15-6-2-4-8-18(15)28)22-23(26(32)33-25(22)31)21-16-7-3-5-9-19(16)29-11-10-14(24(27)30)12-20(21)29/h2-9,13-14H,10-12H2,1H3,(H2,27,30). The lowest BCUT2D eigenvalue weighted by Gasteiger charge is -2.23. The van der Waals surface area contributed by atoms with Crippen molar-refractivity contribution in [2.24, 2.45) is 18.7 Å². The second-order valence-corrected chi connectivity index (χ2v) is 8.68. The van der Waals surface area contributed by atoms with E-state index in [0.717, 1.165) is 27.5 Å². The lowest BCUT2D eigenvalue weighted by molar-refractivity contribution is -0.149. The number of nitrogens with zero attached hydrogens (tertiary/aromatic N) is 2. The second kappa shape index (κ2) is 6.93. The minimum atomic E-state index is -0.664. The van der Waals surface area contributed by atoms with Gasteiger partial charge in [0, 0.05) is 64.3 Å². The van der Waals surface area contributed by atoms with Crippen molar-refractivity contribution in [1.82, 2.24) is 9.13 Å². The molecule has 7 heteroatoms. The van der Waals surface area contributed by atoms with Gasteiger partial charge in [0.25, 0.3) is 0 Å². The van der Waals surface area contributed by atoms with Gasteiger partial charge in [-0.25, -0.2) is 9.59 Å². The van der Waals surface area contributed by atoms with Crippen LogP contribution in [0.5, 0.6) is 0 Å². The molecule has 2 aromatic carbocycles. The highest BCUT2D eigenvalue weighted by molar-refractivity contribution is 6.47. The number of benzene rings is 2. The van der Waals surface area contributed by atoms with Gasteiger partial charge in [-0.2, -0.15) is 0 Å². The van der Waals surface area contributed by atoms with Crippen LogP contribution in [-0.2, 0) is 39.1 Å². The number of cyclic esters (lactones) is 2. The summed E-state index contributed by atoms with van der Waals surface area (Å²) in [5.41, 5.74) is 10.2. The Labute approximate surface area is 189 Å². The monoisotopic (exact) mass is 439 g/mol. The average Bonchev–Trinajstić information content (AvgIpc) is 3.41. The van der Waals surface area contributed by atoms with Gasteiger partial charge >= 0.3 is 11.9 Å². The van der Waals surface area contributed by atoms with E-state index >= 15 is 0 Å². The highest BCUT2D eigenvalue weighted by Crippen LogP contribution is 2.44. The number of esters is 2. The molecule has 4 aromatic rings. The topological polar surface area (TPSA) is 96.3 Å². The summed E-state index contributed by atoms with van der Waals surface area (Å²) in [5.74, 6) is -2.00. The van der Waals surface area contributed by atoms with Crippen LogP contribution in [0.1, 0.15) is 23.2 Å². The minimum absolute atomic E-state index is 0.256. The summed E-state index contributed by atoms with van der Waals surface area (Å²) in [6, 6.07) is 15.5. The van der Waals surface area contributed by atoms with Gasteiger partial charge < -0.3 is 19.6 Å². The minimum Gasteiger partial charge on any atom is -0.386 e. The van der Waals surface area contributed by atoms with Crippen LogP contribution < -0.4 is 5.73 Å². The Hall–Kier alpha value is -4.13. The molecular weight excluding hydrogens is 418 g/mol. The Morgan fingerprint density at radius 3 is 2.39 bits per heavy atom. The van der Waals surface area contributed by atoms with E-state index in [9.17, 15) is 14.4 Å². The quantitative estimate of drug-likeness (QED) is 0.392. The van der Waals surface area contributed by atoms with Gasteiger partial charge in [-0.15, -0.1) is 0 Å². The number of aromatic nitrogens is 2. The van der Waals surface area contributed by atoms with Gasteiger partial charge in [-0.1, -0.05) is 36.4 Å². The molecule has 2 aliphatic heterocycles. The third-order valence-electron chi connectivity index (χ3n) is 6.88. The number of nitrogens with two attached hydrogens (primary N) is 1. The Kier molecular flexibility index (Phi) is 4.11. The molecule has 33 heavy (non-hydrogen) atoms. The molecule has 1 amide bonds. The lowest BCUT2D eigenvalue weighted by Crippen LogP contribution is -2.31. The first-order valence-corrected chi connectivity index (χ1v) is 10.9. The van der Waals surface area contributed by atoms with E-state index in [1.807, 2.05) is 66.3 Å². The molecule has 164 valence electrons. The van der Waals surface area contributed by atoms with Crippen LogP contribution in [0.2, 0.25) is 0 Å². The third kappa shape index (κ3) is 2.72. The van der Waals surface area contributed by atoms with Gasteiger partial charge in [-0.05, 0) is 25.0 Å². The molecule has 4 heterocycles. The van der Waals surface area contributed by atoms with E-state index in [-0.39, 0.29) is 23.0 Å². The summed E-state index contributed by atoms with van der Waals surface area (Å²) in [6.45, 7) is 0.614. The molecular formula is C26H21N3O4. The molecule has 0 fully saturated rings. The summed E-state index contributed by atoms with van der Waals surface area (Å²) in [5, 5.41) is 1.73. The molecule has 0 radical (unpaired) electrons. The summed E-state index contributed by atoms with van der Waals surface area (Å²) < 4.78 is 9.24. The number of ether oxygens (including phenoxy) is 1. The van der Waals surface area contributed by atoms with Gasteiger partial charge in [0.05, 0.1) is 11.1 Å². The summed E-state index contributed by atoms with van der Waals surface area (Å²) in [7, 11) is 1.90. The Morgan fingerprint density at radius 2 is 1.64 bits per heavy atom. The van der Waals surface area contributed by atoms with Crippen LogP contribution in [0.4, 0.5) is 0 Å². The van der Waals surface area contributed by atoms with Crippen LogP contribution in [0.15, 0.2) is 54.7 Å². The molecule has 0 spiro atoms. The van der Waals surface area contributed by atoms with Crippen LogP contribution in [-0.4, -0.2) is 27.0 Å². The number of carbonyl (C=O) groups is 3. The highest BCUT2D eigenvalue weighted by Gasteiger charge is 2.40. The molecule has 1 unspecified atom stereocenters. The number of fused-ring (bicyclic) bond motifs is 4. The van der Waals surface area contributed by atoms with E-state index < -0.39 is 11.9 Å². The Balaban J connectivity index is 1.70. The average molecular weight is 439 g/mol. The zero-order chi connectivity index (χ0) is 22.9. The van der Waals surface area contributed by atoms with Crippen molar-refractivity contribution < 1.29 is 19.1 Å². The number of carbonyl (C=O) groups excluding carboxylic acids is 3. The molecule has 1 atom stereocenters. The maximum absolute atomic E-state index is 13.1. The van der Waals surface area contributed by atoms with Crippen molar-refractivity contribution in [2.45, 2.75) is 19.4 Å². The van der Waals surface area contributed by atoms with Crippen molar-refractivity contribution in [2.75, 3.05) is 0 Å². The van der Waals surface area contributed by atoms with Gasteiger partial charge in [-0.3, -0.25) is 4.79 Å². The Morgan fingerprint density at radius 1 is 0.970 bits per heavy atom. The number of para-hydroxylation sites is 2. The summed E-state index contributed by atoms with van der Waals surface area (Å²) >= 11 is 0. The zero-order valence-corrected chi connectivity index (χ0v) is 18.0. The van der Waals surface area contributed by atoms with E-state index in [2.05, 4.69) is 4.57 Å². The van der Waals surface area contributed by atoms with Crippen molar-refractivity contribution in [3.05, 3.63) is 71.5 Å². The first-order valence-electron chi connectivity index (χ1n) is 10.9. The second-order valence-electron chi connectivity index (χ2n) is 8.68. The number of amides is 1. The Bertz CT molecular complexity index is 1550. The largest absolute Gasteiger partial charge is 0.386 e. The smallest absolute Gasteiger partial charge is 0.347 e. The fraction of sp³-hybridized carbons (Fsp3) is 0.192. The van der Waals surface area contributed by atoms with Crippen molar-refractivity contribution in [3.8, 4) is 0 Å². The molecule has 6 rings (SSSR count). The fourth-order valence-electron chi connectivity index (χ4n) is 5.37. The number of hydrogen-bond donors (Lipinski definition) is 1. The number of primary amides is 1. The van der Waals surface area contributed by atoms with E-state index in [4.69, 9.17) is 10.5 Å². The van der Waals surface area contributed by atoms with Crippen LogP contribution >= 0.6 is 0 Å². The summed E-state index contributed by atoms with van der Waals surface area (Å²) in [4.78, 5) is 38.2.